The van der Waals surface area contributed by atoms with Crippen molar-refractivity contribution in [3.05, 3.63) is 16.1 Å². The second kappa shape index (κ2) is 5.10. The minimum Gasteiger partial charge on any atom is -0.303 e. The van der Waals surface area contributed by atoms with Crippen LogP contribution in [0.2, 0.25) is 0 Å². The van der Waals surface area contributed by atoms with E-state index in [1.807, 2.05) is 11.3 Å². The van der Waals surface area contributed by atoms with Crippen LogP contribution in [0.15, 0.2) is 5.38 Å². The normalized spacial score (nSPS) is 24.0. The minimum absolute atomic E-state index is 0.0400. The van der Waals surface area contributed by atoms with Crippen LogP contribution in [-0.4, -0.2) is 11.0 Å². The largest absolute Gasteiger partial charge is 0.303 e. The van der Waals surface area contributed by atoms with Crippen LogP contribution in [0.3, 0.4) is 0 Å². The molecule has 1 fully saturated rings. The van der Waals surface area contributed by atoms with E-state index >= 15 is 0 Å². The van der Waals surface area contributed by atoms with Crippen LogP contribution in [0, 0.1) is 17.8 Å². The van der Waals surface area contributed by atoms with Crippen molar-refractivity contribution in [2.45, 2.75) is 79.3 Å². The molecule has 0 bridgehead atoms. The predicted octanol–water partition coefficient (Wildman–Crippen LogP) is 4.88. The molecule has 0 unspecified atom stereocenters. The summed E-state index contributed by atoms with van der Waals surface area (Å²) in [6, 6.07) is 0.476. The summed E-state index contributed by atoms with van der Waals surface area (Å²) in [5.41, 5.74) is 1.89. The third-order valence-corrected chi connectivity index (χ3v) is 5.28. The van der Waals surface area contributed by atoms with E-state index < -0.39 is 0 Å². The fraction of sp³-hybridized carbons (Fsp3) is 0.824. The van der Waals surface area contributed by atoms with Gasteiger partial charge in [-0.25, -0.2) is 4.98 Å². The van der Waals surface area contributed by atoms with Gasteiger partial charge in [0.25, 0.3) is 0 Å². The number of thiazole rings is 1. The highest BCUT2D eigenvalue weighted by atomic mass is 32.1. The maximum absolute atomic E-state index is 4.85. The van der Waals surface area contributed by atoms with E-state index in [0.717, 1.165) is 5.69 Å². The lowest BCUT2D eigenvalue weighted by atomic mass is 9.58. The maximum Gasteiger partial charge on any atom is 0.113 e. The zero-order valence-corrected chi connectivity index (χ0v) is 14.9. The zero-order chi connectivity index (χ0) is 15.2. The summed E-state index contributed by atoms with van der Waals surface area (Å²) >= 11 is 1.82. The van der Waals surface area contributed by atoms with Crippen LogP contribution >= 0.6 is 11.3 Å². The van der Waals surface area contributed by atoms with E-state index in [1.165, 1.54) is 24.3 Å². The molecule has 1 saturated carbocycles. The molecule has 0 saturated heterocycles. The number of rotatable bonds is 3. The number of nitrogens with zero attached hydrogens (tertiary/aromatic N) is 1. The van der Waals surface area contributed by atoms with E-state index in [4.69, 9.17) is 4.98 Å². The Morgan fingerprint density at radius 1 is 1.10 bits per heavy atom. The van der Waals surface area contributed by atoms with Crippen LogP contribution in [0.1, 0.15) is 71.5 Å². The molecule has 114 valence electrons. The second-order valence-corrected chi connectivity index (χ2v) is 9.39. The molecule has 1 aromatic rings. The third-order valence-electron chi connectivity index (χ3n) is 4.11. The zero-order valence-electron chi connectivity index (χ0n) is 14.1. The molecule has 0 aromatic carbocycles. The van der Waals surface area contributed by atoms with E-state index in [-0.39, 0.29) is 5.54 Å². The molecule has 1 aliphatic carbocycles. The van der Waals surface area contributed by atoms with Crippen LogP contribution < -0.4 is 5.32 Å². The molecule has 2 nitrogen and oxygen atoms in total. The number of nitrogens with one attached hydrogen (secondary N) is 1. The van der Waals surface area contributed by atoms with Crippen molar-refractivity contribution in [2.75, 3.05) is 0 Å². The fourth-order valence-electron chi connectivity index (χ4n) is 4.56. The maximum atomic E-state index is 4.85. The highest BCUT2D eigenvalue weighted by Gasteiger charge is 2.49. The van der Waals surface area contributed by atoms with Crippen molar-refractivity contribution in [1.82, 2.24) is 10.3 Å². The van der Waals surface area contributed by atoms with Gasteiger partial charge in [0.2, 0.25) is 0 Å². The second-order valence-electron chi connectivity index (χ2n) is 8.53. The fourth-order valence-corrected chi connectivity index (χ4v) is 5.52. The summed E-state index contributed by atoms with van der Waals surface area (Å²) in [4.78, 5) is 4.85. The molecule has 20 heavy (non-hydrogen) atoms. The van der Waals surface area contributed by atoms with Crippen molar-refractivity contribution >= 4 is 11.3 Å². The molecule has 0 spiro atoms. The lowest BCUT2D eigenvalue weighted by Crippen LogP contribution is -2.54. The van der Waals surface area contributed by atoms with Gasteiger partial charge in [0.1, 0.15) is 5.01 Å². The molecule has 0 aliphatic heterocycles. The molecular weight excluding hydrogens is 264 g/mol. The Morgan fingerprint density at radius 2 is 1.65 bits per heavy atom. The van der Waals surface area contributed by atoms with Gasteiger partial charge in [-0.3, -0.25) is 0 Å². The summed E-state index contributed by atoms with van der Waals surface area (Å²) in [6.07, 6.45) is 3.63. The van der Waals surface area contributed by atoms with Crippen molar-refractivity contribution in [2.24, 2.45) is 10.8 Å². The Morgan fingerprint density at radius 3 is 2.05 bits per heavy atom. The van der Waals surface area contributed by atoms with Gasteiger partial charge in [0.15, 0.2) is 0 Å². The van der Waals surface area contributed by atoms with E-state index in [9.17, 15) is 0 Å². The first-order valence-electron chi connectivity index (χ1n) is 7.74. The first-order valence-corrected chi connectivity index (χ1v) is 8.62. The smallest absolute Gasteiger partial charge is 0.113 e. The molecule has 0 amide bonds. The summed E-state index contributed by atoms with van der Waals surface area (Å²) in [6.45, 7) is 16.2. The van der Waals surface area contributed by atoms with Gasteiger partial charge in [-0.15, -0.1) is 11.3 Å². The van der Waals surface area contributed by atoms with Gasteiger partial charge >= 0.3 is 0 Å². The van der Waals surface area contributed by atoms with Gasteiger partial charge in [-0.1, -0.05) is 27.7 Å². The van der Waals surface area contributed by atoms with E-state index in [0.29, 0.717) is 16.9 Å². The Labute approximate surface area is 128 Å². The van der Waals surface area contributed by atoms with E-state index in [1.54, 1.807) is 0 Å². The van der Waals surface area contributed by atoms with Crippen molar-refractivity contribution in [1.29, 1.82) is 0 Å². The van der Waals surface area contributed by atoms with Gasteiger partial charge in [-0.2, -0.15) is 0 Å². The highest BCUT2D eigenvalue weighted by Crippen LogP contribution is 2.54. The molecule has 0 radical (unpaired) electrons. The topological polar surface area (TPSA) is 24.9 Å². The van der Waals surface area contributed by atoms with Crippen LogP contribution in [0.4, 0.5) is 0 Å². The van der Waals surface area contributed by atoms with Crippen molar-refractivity contribution < 1.29 is 0 Å². The van der Waals surface area contributed by atoms with Crippen LogP contribution in [-0.2, 0) is 5.54 Å². The van der Waals surface area contributed by atoms with Crippen molar-refractivity contribution in [3.8, 4) is 0 Å². The Bertz CT molecular complexity index is 455. The number of hydrogen-bond donors (Lipinski definition) is 1. The number of hydrogen-bond acceptors (Lipinski definition) is 3. The lowest BCUT2D eigenvalue weighted by molar-refractivity contribution is 0.0213. The minimum atomic E-state index is 0.0400. The van der Waals surface area contributed by atoms with Gasteiger partial charge in [-0.05, 0) is 50.9 Å². The highest BCUT2D eigenvalue weighted by molar-refractivity contribution is 7.09. The number of aromatic nitrogens is 1. The first-order chi connectivity index (χ1) is 9.04. The molecule has 0 atom stereocenters. The average molecular weight is 295 g/mol. The Balaban J connectivity index is 2.46. The first kappa shape index (κ1) is 16.0. The van der Waals surface area contributed by atoms with Gasteiger partial charge < -0.3 is 5.32 Å². The van der Waals surface area contributed by atoms with E-state index in [2.05, 4.69) is 59.2 Å². The SMILES string of the molecule is Cc1csc(C2(NC(C)C)CC(C)(C)CC(C)(C)C2)n1. The molecular formula is C17H30N2S. The molecule has 2 rings (SSSR count). The average Bonchev–Trinajstić information content (AvgIpc) is 2.58. The van der Waals surface area contributed by atoms with Gasteiger partial charge in [0.05, 0.1) is 5.54 Å². The summed E-state index contributed by atoms with van der Waals surface area (Å²) < 4.78 is 0. The Kier molecular flexibility index (Phi) is 4.07. The van der Waals surface area contributed by atoms with Crippen LogP contribution in [0.5, 0.6) is 0 Å². The van der Waals surface area contributed by atoms with Crippen LogP contribution in [0.25, 0.3) is 0 Å². The monoisotopic (exact) mass is 294 g/mol. The Hall–Kier alpha value is -0.410. The predicted molar refractivity (Wildman–Crippen MR) is 88.2 cm³/mol. The molecule has 1 aromatic heterocycles. The third kappa shape index (κ3) is 3.43. The molecule has 1 aliphatic rings. The molecule has 1 heterocycles. The lowest BCUT2D eigenvalue weighted by Gasteiger charge is -2.52. The van der Waals surface area contributed by atoms with Gasteiger partial charge in [0, 0.05) is 17.1 Å². The standard InChI is InChI=1S/C17H30N2S/c1-12(2)19-17(14-18-13(3)8-20-14)10-15(4,5)9-16(6,7)11-17/h8,12,19H,9-11H2,1-7H3. The summed E-state index contributed by atoms with van der Waals surface area (Å²) in [5.74, 6) is 0. The quantitative estimate of drug-likeness (QED) is 0.859. The number of aryl methyl sites for hydroxylation is 1. The van der Waals surface area contributed by atoms with Crippen molar-refractivity contribution in [3.63, 3.8) is 0 Å². The molecule has 3 heteroatoms. The summed E-state index contributed by atoms with van der Waals surface area (Å²) in [7, 11) is 0. The summed E-state index contributed by atoms with van der Waals surface area (Å²) in [5, 5.41) is 7.35. The molecule has 1 N–H and O–H groups in total.